The molecule has 0 aliphatic heterocycles. The van der Waals surface area contributed by atoms with Gasteiger partial charge in [-0.25, -0.2) is 4.39 Å². The van der Waals surface area contributed by atoms with Gasteiger partial charge in [-0.2, -0.15) is 0 Å². The Morgan fingerprint density at radius 1 is 1.44 bits per heavy atom. The van der Waals surface area contributed by atoms with Crippen LogP contribution < -0.4 is 5.73 Å². The number of aromatic nitrogens is 1. The molecule has 1 aromatic rings. The van der Waals surface area contributed by atoms with Gasteiger partial charge in [0.1, 0.15) is 5.82 Å². The quantitative estimate of drug-likeness (QED) is 0.899. The zero-order valence-electron chi connectivity index (χ0n) is 11.0. The number of hydrogen-bond acceptors (Lipinski definition) is 3. The standard InChI is InChI=1S/C14H21FN2O/c1-10-3-5-14(18-2,6-4-10)13(16)11-7-12(15)9-17-8-11/h7-10,13H,3-6,16H2,1-2H3. The first-order valence-corrected chi connectivity index (χ1v) is 6.48. The molecule has 0 radical (unpaired) electrons. The molecule has 1 aliphatic carbocycles. The van der Waals surface area contributed by atoms with E-state index in [0.29, 0.717) is 11.5 Å². The highest BCUT2D eigenvalue weighted by atomic mass is 19.1. The fraction of sp³-hybridized carbons (Fsp3) is 0.643. The summed E-state index contributed by atoms with van der Waals surface area (Å²) < 4.78 is 18.9. The van der Waals surface area contributed by atoms with Gasteiger partial charge in [-0.3, -0.25) is 4.98 Å². The van der Waals surface area contributed by atoms with E-state index in [-0.39, 0.29) is 17.5 Å². The van der Waals surface area contributed by atoms with E-state index in [4.69, 9.17) is 10.5 Å². The first-order chi connectivity index (χ1) is 8.57. The number of nitrogens with zero attached hydrogens (tertiary/aromatic N) is 1. The van der Waals surface area contributed by atoms with Crippen molar-refractivity contribution >= 4 is 0 Å². The van der Waals surface area contributed by atoms with Crippen LogP contribution in [0.3, 0.4) is 0 Å². The maximum atomic E-state index is 13.2. The first kappa shape index (κ1) is 13.4. The van der Waals surface area contributed by atoms with Gasteiger partial charge in [-0.1, -0.05) is 6.92 Å². The maximum absolute atomic E-state index is 13.2. The molecule has 1 fully saturated rings. The number of pyridine rings is 1. The highest BCUT2D eigenvalue weighted by molar-refractivity contribution is 5.19. The molecular weight excluding hydrogens is 231 g/mol. The molecule has 1 saturated carbocycles. The Morgan fingerprint density at radius 2 is 2.11 bits per heavy atom. The summed E-state index contributed by atoms with van der Waals surface area (Å²) in [5, 5.41) is 0. The first-order valence-electron chi connectivity index (χ1n) is 6.48. The molecular formula is C14H21FN2O. The summed E-state index contributed by atoms with van der Waals surface area (Å²) in [6.45, 7) is 2.24. The van der Waals surface area contributed by atoms with E-state index in [9.17, 15) is 4.39 Å². The van der Waals surface area contributed by atoms with Gasteiger partial charge < -0.3 is 10.5 Å². The second-order valence-electron chi connectivity index (χ2n) is 5.37. The van der Waals surface area contributed by atoms with E-state index in [1.165, 1.54) is 12.3 Å². The average Bonchev–Trinajstić information content (AvgIpc) is 2.39. The molecule has 1 atom stereocenters. The summed E-state index contributed by atoms with van der Waals surface area (Å²) in [5.41, 5.74) is 6.64. The molecule has 0 amide bonds. The molecule has 2 N–H and O–H groups in total. The lowest BCUT2D eigenvalue weighted by Gasteiger charge is -2.42. The van der Waals surface area contributed by atoms with Gasteiger partial charge in [0.05, 0.1) is 17.8 Å². The van der Waals surface area contributed by atoms with Crippen molar-refractivity contribution in [3.63, 3.8) is 0 Å². The third kappa shape index (κ3) is 2.54. The van der Waals surface area contributed by atoms with Crippen LogP contribution in [0.1, 0.15) is 44.2 Å². The molecule has 0 saturated heterocycles. The van der Waals surface area contributed by atoms with Crippen molar-refractivity contribution < 1.29 is 9.13 Å². The highest BCUT2D eigenvalue weighted by Gasteiger charge is 2.40. The summed E-state index contributed by atoms with van der Waals surface area (Å²) >= 11 is 0. The van der Waals surface area contributed by atoms with Gasteiger partial charge in [-0.05, 0) is 43.2 Å². The molecule has 2 rings (SSSR count). The Labute approximate surface area is 108 Å². The Balaban J connectivity index is 2.22. The number of hydrogen-bond donors (Lipinski definition) is 1. The van der Waals surface area contributed by atoms with Gasteiger partial charge in [0, 0.05) is 13.3 Å². The van der Waals surface area contributed by atoms with E-state index in [1.807, 2.05) is 0 Å². The molecule has 4 heteroatoms. The molecule has 100 valence electrons. The Morgan fingerprint density at radius 3 is 2.67 bits per heavy atom. The summed E-state index contributed by atoms with van der Waals surface area (Å²) in [5.74, 6) is 0.365. The lowest BCUT2D eigenvalue weighted by Crippen LogP contribution is -2.45. The Hall–Kier alpha value is -1.00. The van der Waals surface area contributed by atoms with Crippen LogP contribution in [0.2, 0.25) is 0 Å². The van der Waals surface area contributed by atoms with Crippen LogP contribution in [0.25, 0.3) is 0 Å². The van der Waals surface area contributed by atoms with Crippen LogP contribution in [-0.2, 0) is 4.74 Å². The minimum absolute atomic E-state index is 0.321. The van der Waals surface area contributed by atoms with E-state index < -0.39 is 0 Å². The normalized spacial score (nSPS) is 30.1. The van der Waals surface area contributed by atoms with Crippen molar-refractivity contribution in [3.8, 4) is 0 Å². The molecule has 18 heavy (non-hydrogen) atoms. The zero-order valence-corrected chi connectivity index (χ0v) is 11.0. The highest BCUT2D eigenvalue weighted by Crippen LogP contribution is 2.41. The third-order valence-corrected chi connectivity index (χ3v) is 4.18. The van der Waals surface area contributed by atoms with Crippen LogP contribution in [0.4, 0.5) is 4.39 Å². The van der Waals surface area contributed by atoms with Crippen LogP contribution in [-0.4, -0.2) is 17.7 Å². The predicted molar refractivity (Wildman–Crippen MR) is 68.5 cm³/mol. The fourth-order valence-electron chi connectivity index (χ4n) is 2.79. The smallest absolute Gasteiger partial charge is 0.141 e. The topological polar surface area (TPSA) is 48.1 Å². The van der Waals surface area contributed by atoms with Gasteiger partial charge in [-0.15, -0.1) is 0 Å². The molecule has 1 heterocycles. The van der Waals surface area contributed by atoms with Crippen LogP contribution in [0.15, 0.2) is 18.5 Å². The van der Waals surface area contributed by atoms with Gasteiger partial charge in [0.2, 0.25) is 0 Å². The second kappa shape index (κ2) is 5.33. The summed E-state index contributed by atoms with van der Waals surface area (Å²) in [6, 6.07) is 1.13. The zero-order chi connectivity index (χ0) is 13.2. The van der Waals surface area contributed by atoms with Crippen LogP contribution in [0, 0.1) is 11.7 Å². The van der Waals surface area contributed by atoms with Crippen molar-refractivity contribution in [3.05, 3.63) is 29.8 Å². The van der Waals surface area contributed by atoms with Crippen molar-refractivity contribution in [2.24, 2.45) is 11.7 Å². The van der Waals surface area contributed by atoms with E-state index >= 15 is 0 Å². The summed E-state index contributed by atoms with van der Waals surface area (Å²) in [6.07, 6.45) is 6.87. The molecule has 0 bridgehead atoms. The van der Waals surface area contributed by atoms with Crippen LogP contribution >= 0.6 is 0 Å². The van der Waals surface area contributed by atoms with Crippen molar-refractivity contribution in [1.82, 2.24) is 4.98 Å². The third-order valence-electron chi connectivity index (χ3n) is 4.18. The van der Waals surface area contributed by atoms with E-state index in [0.717, 1.165) is 25.7 Å². The molecule has 0 aromatic carbocycles. The number of methoxy groups -OCH3 is 1. The SMILES string of the molecule is COC1(C(N)c2cncc(F)c2)CCC(C)CC1. The van der Waals surface area contributed by atoms with Crippen LogP contribution in [0.5, 0.6) is 0 Å². The van der Waals surface area contributed by atoms with Gasteiger partial charge >= 0.3 is 0 Å². The average molecular weight is 252 g/mol. The Kier molecular flexibility index (Phi) is 3.97. The Bertz CT molecular complexity index is 403. The fourth-order valence-corrected chi connectivity index (χ4v) is 2.79. The molecule has 1 aliphatic rings. The molecule has 1 aromatic heterocycles. The minimum atomic E-state index is -0.373. The van der Waals surface area contributed by atoms with E-state index in [2.05, 4.69) is 11.9 Å². The molecule has 0 spiro atoms. The van der Waals surface area contributed by atoms with Crippen molar-refractivity contribution in [1.29, 1.82) is 0 Å². The number of halogens is 1. The minimum Gasteiger partial charge on any atom is -0.376 e. The summed E-state index contributed by atoms with van der Waals surface area (Å²) in [4.78, 5) is 3.87. The largest absolute Gasteiger partial charge is 0.376 e. The van der Waals surface area contributed by atoms with Crippen molar-refractivity contribution in [2.75, 3.05) is 7.11 Å². The number of rotatable bonds is 3. The number of ether oxygens (including phenoxy) is 1. The molecule has 3 nitrogen and oxygen atoms in total. The number of nitrogens with two attached hydrogens (primary N) is 1. The lowest BCUT2D eigenvalue weighted by atomic mass is 9.74. The lowest BCUT2D eigenvalue weighted by molar-refractivity contribution is -0.0673. The second-order valence-corrected chi connectivity index (χ2v) is 5.37. The maximum Gasteiger partial charge on any atom is 0.141 e. The monoisotopic (exact) mass is 252 g/mol. The predicted octanol–water partition coefficient (Wildman–Crippen LogP) is 2.82. The van der Waals surface area contributed by atoms with E-state index in [1.54, 1.807) is 13.3 Å². The molecule has 1 unspecified atom stereocenters. The van der Waals surface area contributed by atoms with Crippen molar-refractivity contribution in [2.45, 2.75) is 44.2 Å². The van der Waals surface area contributed by atoms with Gasteiger partial charge in [0.25, 0.3) is 0 Å². The summed E-state index contributed by atoms with van der Waals surface area (Å²) in [7, 11) is 1.70. The van der Waals surface area contributed by atoms with Gasteiger partial charge in [0.15, 0.2) is 0 Å².